The van der Waals surface area contributed by atoms with Crippen molar-refractivity contribution in [2.24, 2.45) is 0 Å². The maximum Gasteiger partial charge on any atom is 0.254 e. The average molecular weight is 457 g/mol. The number of benzene rings is 2. The number of halogens is 2. The van der Waals surface area contributed by atoms with Gasteiger partial charge in [-0.25, -0.2) is 0 Å². The molecular formula is C22H18Cl2N4O3. The second-order valence-corrected chi connectivity index (χ2v) is 8.06. The van der Waals surface area contributed by atoms with Crippen LogP contribution in [0.5, 0.6) is 0 Å². The number of fused-ring (bicyclic) bond motifs is 2. The number of hydrogen-bond donors (Lipinski definition) is 2. The van der Waals surface area contributed by atoms with E-state index in [1.165, 1.54) is 11.9 Å². The van der Waals surface area contributed by atoms with Crippen LogP contribution in [0.25, 0.3) is 10.8 Å². The van der Waals surface area contributed by atoms with Crippen LogP contribution in [0.15, 0.2) is 48.8 Å². The molecule has 9 heteroatoms. The number of carbonyl (C=O) groups excluding carboxylic acids is 3. The van der Waals surface area contributed by atoms with Crippen LogP contribution in [0.4, 0.5) is 5.69 Å². The third-order valence-electron chi connectivity index (χ3n) is 5.22. The SMILES string of the molecule is CNC(=O)CN1C[C@H](C(=O)Nc2cncc3cc(Cl)ccc23)c2cc(Cl)ccc2C1=O. The van der Waals surface area contributed by atoms with Crippen molar-refractivity contribution in [3.8, 4) is 0 Å². The lowest BCUT2D eigenvalue weighted by Gasteiger charge is -2.33. The minimum atomic E-state index is -0.710. The molecule has 3 aromatic rings. The molecule has 0 bridgehead atoms. The van der Waals surface area contributed by atoms with Crippen molar-refractivity contribution >= 4 is 57.4 Å². The van der Waals surface area contributed by atoms with Crippen molar-refractivity contribution in [2.75, 3.05) is 25.5 Å². The number of amides is 3. The van der Waals surface area contributed by atoms with Crippen molar-refractivity contribution in [2.45, 2.75) is 5.92 Å². The topological polar surface area (TPSA) is 91.4 Å². The first-order chi connectivity index (χ1) is 14.9. The highest BCUT2D eigenvalue weighted by molar-refractivity contribution is 6.31. The number of anilines is 1. The lowest BCUT2D eigenvalue weighted by Crippen LogP contribution is -2.47. The van der Waals surface area contributed by atoms with Gasteiger partial charge in [0.2, 0.25) is 11.8 Å². The summed E-state index contributed by atoms with van der Waals surface area (Å²) in [5, 5.41) is 7.97. The maximum absolute atomic E-state index is 13.3. The number of nitrogens with one attached hydrogen (secondary N) is 2. The van der Waals surface area contributed by atoms with Crippen LogP contribution < -0.4 is 10.6 Å². The molecule has 0 saturated heterocycles. The third kappa shape index (κ3) is 4.19. The summed E-state index contributed by atoms with van der Waals surface area (Å²) in [4.78, 5) is 43.6. The molecule has 7 nitrogen and oxygen atoms in total. The number of rotatable bonds is 4. The first-order valence-corrected chi connectivity index (χ1v) is 10.3. The van der Waals surface area contributed by atoms with E-state index in [1.54, 1.807) is 42.7 Å². The fourth-order valence-corrected chi connectivity index (χ4v) is 4.03. The molecule has 2 heterocycles. The fourth-order valence-electron chi connectivity index (χ4n) is 3.67. The number of hydrogen-bond acceptors (Lipinski definition) is 4. The predicted molar refractivity (Wildman–Crippen MR) is 120 cm³/mol. The summed E-state index contributed by atoms with van der Waals surface area (Å²) in [7, 11) is 1.49. The van der Waals surface area contributed by atoms with Gasteiger partial charge in [-0.3, -0.25) is 19.4 Å². The van der Waals surface area contributed by atoms with Gasteiger partial charge in [-0.15, -0.1) is 0 Å². The number of aromatic nitrogens is 1. The number of carbonyl (C=O) groups is 3. The Morgan fingerprint density at radius 1 is 1.13 bits per heavy atom. The Morgan fingerprint density at radius 3 is 2.65 bits per heavy atom. The zero-order valence-corrected chi connectivity index (χ0v) is 18.0. The molecule has 0 aliphatic carbocycles. The molecule has 0 unspecified atom stereocenters. The van der Waals surface area contributed by atoms with Crippen molar-refractivity contribution < 1.29 is 14.4 Å². The molecule has 0 saturated carbocycles. The van der Waals surface area contributed by atoms with E-state index in [2.05, 4.69) is 15.6 Å². The Morgan fingerprint density at radius 2 is 1.87 bits per heavy atom. The lowest BCUT2D eigenvalue weighted by atomic mass is 9.88. The summed E-state index contributed by atoms with van der Waals surface area (Å²) in [6.07, 6.45) is 3.22. The van der Waals surface area contributed by atoms with Crippen LogP contribution in [0, 0.1) is 0 Å². The molecule has 2 aromatic carbocycles. The summed E-state index contributed by atoms with van der Waals surface area (Å²) in [5.74, 6) is -1.68. The standard InChI is InChI=1S/C22H18Cl2N4O3/c1-25-20(29)11-28-10-18(17-7-14(24)3-5-16(17)22(28)31)21(30)27-19-9-26-8-12-6-13(23)2-4-15(12)19/h2-9,18H,10-11H2,1H3,(H,25,29)(H,27,30)/t18-/m0/s1. The van der Waals surface area contributed by atoms with Gasteiger partial charge in [0.05, 0.1) is 24.3 Å². The van der Waals surface area contributed by atoms with E-state index in [4.69, 9.17) is 23.2 Å². The summed E-state index contributed by atoms with van der Waals surface area (Å²) >= 11 is 12.2. The third-order valence-corrected chi connectivity index (χ3v) is 5.69. The fraction of sp³-hybridized carbons (Fsp3) is 0.182. The van der Waals surface area contributed by atoms with Gasteiger partial charge in [0, 0.05) is 46.2 Å². The molecule has 1 atom stereocenters. The predicted octanol–water partition coefficient (Wildman–Crippen LogP) is 3.47. The van der Waals surface area contributed by atoms with E-state index in [1.807, 2.05) is 6.07 Å². The molecular weight excluding hydrogens is 439 g/mol. The number of pyridine rings is 1. The van der Waals surface area contributed by atoms with E-state index in [0.29, 0.717) is 26.9 Å². The van der Waals surface area contributed by atoms with Crippen LogP contribution in [0.1, 0.15) is 21.8 Å². The number of nitrogens with zero attached hydrogens (tertiary/aromatic N) is 2. The van der Waals surface area contributed by atoms with Crippen LogP contribution in [0.2, 0.25) is 10.0 Å². The molecule has 158 valence electrons. The Kier molecular flexibility index (Phi) is 5.80. The summed E-state index contributed by atoms with van der Waals surface area (Å²) in [6, 6.07) is 10.1. The molecule has 31 heavy (non-hydrogen) atoms. The molecule has 0 radical (unpaired) electrons. The molecule has 1 aliphatic rings. The van der Waals surface area contributed by atoms with Crippen LogP contribution in [-0.2, 0) is 9.59 Å². The smallest absolute Gasteiger partial charge is 0.254 e. The lowest BCUT2D eigenvalue weighted by molar-refractivity contribution is -0.122. The minimum Gasteiger partial charge on any atom is -0.358 e. The highest BCUT2D eigenvalue weighted by Gasteiger charge is 2.36. The van der Waals surface area contributed by atoms with Gasteiger partial charge in [-0.2, -0.15) is 0 Å². The zero-order valence-electron chi connectivity index (χ0n) is 16.5. The Balaban J connectivity index is 1.70. The molecule has 1 aromatic heterocycles. The van der Waals surface area contributed by atoms with Crippen molar-refractivity contribution in [3.05, 3.63) is 70.0 Å². The van der Waals surface area contributed by atoms with E-state index < -0.39 is 5.92 Å². The van der Waals surface area contributed by atoms with Gasteiger partial charge in [0.25, 0.3) is 5.91 Å². The second-order valence-electron chi connectivity index (χ2n) is 7.18. The Bertz CT molecular complexity index is 1210. The van der Waals surface area contributed by atoms with Crippen molar-refractivity contribution in [3.63, 3.8) is 0 Å². The van der Waals surface area contributed by atoms with Crippen molar-refractivity contribution in [1.82, 2.24) is 15.2 Å². The molecule has 2 N–H and O–H groups in total. The molecule has 3 amide bonds. The number of likely N-dealkylation sites (N-methyl/N-ethyl adjacent to an activating group) is 1. The van der Waals surface area contributed by atoms with Gasteiger partial charge in [0.1, 0.15) is 0 Å². The molecule has 1 aliphatic heterocycles. The molecule has 4 rings (SSSR count). The Labute approximate surface area is 188 Å². The van der Waals surface area contributed by atoms with Gasteiger partial charge < -0.3 is 15.5 Å². The van der Waals surface area contributed by atoms with E-state index in [9.17, 15) is 14.4 Å². The second kappa shape index (κ2) is 8.53. The zero-order chi connectivity index (χ0) is 22.1. The summed E-state index contributed by atoms with van der Waals surface area (Å²) < 4.78 is 0. The van der Waals surface area contributed by atoms with Crippen LogP contribution in [-0.4, -0.2) is 47.7 Å². The molecule has 0 fully saturated rings. The Hall–Kier alpha value is -3.16. The first kappa shape index (κ1) is 21.1. The van der Waals surface area contributed by atoms with Crippen LogP contribution >= 0.6 is 23.2 Å². The highest BCUT2D eigenvalue weighted by atomic mass is 35.5. The van der Waals surface area contributed by atoms with E-state index in [0.717, 1.165) is 10.8 Å². The van der Waals surface area contributed by atoms with E-state index >= 15 is 0 Å². The first-order valence-electron chi connectivity index (χ1n) is 9.51. The van der Waals surface area contributed by atoms with Gasteiger partial charge in [0.15, 0.2) is 0 Å². The summed E-state index contributed by atoms with van der Waals surface area (Å²) in [5.41, 5.74) is 1.40. The van der Waals surface area contributed by atoms with Gasteiger partial charge >= 0.3 is 0 Å². The highest BCUT2D eigenvalue weighted by Crippen LogP contribution is 2.32. The normalized spacial score (nSPS) is 15.5. The maximum atomic E-state index is 13.3. The average Bonchev–Trinajstić information content (AvgIpc) is 2.75. The largest absolute Gasteiger partial charge is 0.358 e. The monoisotopic (exact) mass is 456 g/mol. The van der Waals surface area contributed by atoms with Crippen LogP contribution in [0.3, 0.4) is 0 Å². The minimum absolute atomic E-state index is 0.0510. The summed E-state index contributed by atoms with van der Waals surface area (Å²) in [6.45, 7) is -0.0923. The van der Waals surface area contributed by atoms with Gasteiger partial charge in [-0.05, 0) is 35.9 Å². The van der Waals surface area contributed by atoms with E-state index in [-0.39, 0.29) is 30.8 Å². The van der Waals surface area contributed by atoms with Crippen molar-refractivity contribution in [1.29, 1.82) is 0 Å². The molecule has 0 spiro atoms. The van der Waals surface area contributed by atoms with Gasteiger partial charge in [-0.1, -0.05) is 29.3 Å². The quantitative estimate of drug-likeness (QED) is 0.628.